The third-order valence-electron chi connectivity index (χ3n) is 5.25. The molecule has 1 aromatic rings. The van der Waals surface area contributed by atoms with Crippen LogP contribution in [0.4, 0.5) is 0 Å². The lowest BCUT2D eigenvalue weighted by Gasteiger charge is -2.36. The highest BCUT2D eigenvalue weighted by atomic mass is 16.5. The van der Waals surface area contributed by atoms with Crippen molar-refractivity contribution in [2.75, 3.05) is 13.1 Å². The maximum Gasteiger partial charge on any atom is 0.328 e. The molecule has 30 heavy (non-hydrogen) atoms. The van der Waals surface area contributed by atoms with E-state index in [1.165, 1.54) is 0 Å². The number of piperidine rings is 1. The number of benzene rings is 1. The molecular formula is C24H36N2O4. The number of esters is 1. The predicted octanol–water partition coefficient (Wildman–Crippen LogP) is 3.55. The topological polar surface area (TPSA) is 75.7 Å². The van der Waals surface area contributed by atoms with Gasteiger partial charge in [-0.25, -0.2) is 4.79 Å². The quantitative estimate of drug-likeness (QED) is 0.690. The number of nitrogens with one attached hydrogen (secondary N) is 1. The van der Waals surface area contributed by atoms with Crippen molar-refractivity contribution in [2.45, 2.75) is 66.5 Å². The minimum atomic E-state index is -0.685. The zero-order valence-corrected chi connectivity index (χ0v) is 18.9. The van der Waals surface area contributed by atoms with E-state index < -0.39 is 17.4 Å². The molecule has 0 saturated carbocycles. The fourth-order valence-electron chi connectivity index (χ4n) is 3.65. The van der Waals surface area contributed by atoms with Crippen molar-refractivity contribution in [3.05, 3.63) is 35.9 Å². The summed E-state index contributed by atoms with van der Waals surface area (Å²) in [5, 5.41) is 2.90. The summed E-state index contributed by atoms with van der Waals surface area (Å²) in [6.07, 6.45) is 2.01. The molecule has 6 nitrogen and oxygen atoms in total. The average molecular weight is 417 g/mol. The van der Waals surface area contributed by atoms with Gasteiger partial charge in [-0.2, -0.15) is 0 Å². The van der Waals surface area contributed by atoms with E-state index in [9.17, 15) is 14.4 Å². The van der Waals surface area contributed by atoms with Crippen molar-refractivity contribution >= 4 is 17.8 Å². The molecule has 0 spiro atoms. The van der Waals surface area contributed by atoms with Gasteiger partial charge in [-0.3, -0.25) is 9.59 Å². The van der Waals surface area contributed by atoms with Crippen LogP contribution in [0, 0.1) is 17.3 Å². The Morgan fingerprint density at radius 1 is 1.17 bits per heavy atom. The second kappa shape index (κ2) is 10.6. The predicted molar refractivity (Wildman–Crippen MR) is 116 cm³/mol. The molecule has 2 amide bonds. The fraction of sp³-hybridized carbons (Fsp3) is 0.625. The van der Waals surface area contributed by atoms with Crippen LogP contribution in [0.2, 0.25) is 0 Å². The Kier molecular flexibility index (Phi) is 8.44. The summed E-state index contributed by atoms with van der Waals surface area (Å²) in [6, 6.07) is 8.80. The number of amides is 2. The minimum Gasteiger partial charge on any atom is -0.459 e. The summed E-state index contributed by atoms with van der Waals surface area (Å²) in [5.74, 6) is -0.615. The first kappa shape index (κ1) is 23.9. The molecule has 2 rings (SSSR count). The Morgan fingerprint density at radius 3 is 2.43 bits per heavy atom. The molecule has 1 fully saturated rings. The molecule has 0 aromatic heterocycles. The van der Waals surface area contributed by atoms with Gasteiger partial charge in [-0.1, -0.05) is 65.0 Å². The van der Waals surface area contributed by atoms with Gasteiger partial charge in [-0.15, -0.1) is 0 Å². The molecule has 1 aromatic carbocycles. The Labute approximate surface area is 180 Å². The SMILES string of the molecule is CC(C)C[C@H](NC(=O)C1CCCN(C(=O)C(C)(C)C)C1)C(=O)OCc1ccccc1. The molecule has 166 valence electrons. The van der Waals surface area contributed by atoms with Crippen LogP contribution >= 0.6 is 0 Å². The molecule has 1 aliphatic rings. The first-order chi connectivity index (χ1) is 14.1. The molecule has 6 heteroatoms. The van der Waals surface area contributed by atoms with Crippen molar-refractivity contribution in [3.63, 3.8) is 0 Å². The Balaban J connectivity index is 1.98. The van der Waals surface area contributed by atoms with Gasteiger partial charge >= 0.3 is 5.97 Å². The average Bonchev–Trinajstić information content (AvgIpc) is 2.70. The van der Waals surface area contributed by atoms with Crippen LogP contribution in [0.3, 0.4) is 0 Å². The summed E-state index contributed by atoms with van der Waals surface area (Å²) in [5.41, 5.74) is 0.434. The molecule has 1 unspecified atom stereocenters. The number of hydrogen-bond acceptors (Lipinski definition) is 4. The van der Waals surface area contributed by atoms with Gasteiger partial charge in [0.05, 0.1) is 5.92 Å². The van der Waals surface area contributed by atoms with Crippen LogP contribution in [0.15, 0.2) is 30.3 Å². The molecule has 2 atom stereocenters. The molecular weight excluding hydrogens is 380 g/mol. The van der Waals surface area contributed by atoms with Crippen molar-refractivity contribution in [1.29, 1.82) is 0 Å². The number of nitrogens with zero attached hydrogens (tertiary/aromatic N) is 1. The van der Waals surface area contributed by atoms with E-state index in [4.69, 9.17) is 4.74 Å². The smallest absolute Gasteiger partial charge is 0.328 e. The summed E-state index contributed by atoms with van der Waals surface area (Å²) in [4.78, 5) is 40.0. The first-order valence-electron chi connectivity index (χ1n) is 10.9. The second-order valence-electron chi connectivity index (χ2n) is 9.62. The lowest BCUT2D eigenvalue weighted by atomic mass is 9.90. The van der Waals surface area contributed by atoms with Crippen LogP contribution in [-0.2, 0) is 25.7 Å². The van der Waals surface area contributed by atoms with Crippen molar-refractivity contribution in [2.24, 2.45) is 17.3 Å². The molecule has 0 bridgehead atoms. The zero-order chi connectivity index (χ0) is 22.3. The standard InChI is InChI=1S/C24H36N2O4/c1-17(2)14-20(22(28)30-16-18-10-7-6-8-11-18)25-21(27)19-12-9-13-26(15-19)23(29)24(3,4)5/h6-8,10-11,17,19-20H,9,12-16H2,1-5H3,(H,25,27)/t19?,20-/m0/s1. The zero-order valence-electron chi connectivity index (χ0n) is 18.9. The maximum atomic E-state index is 12.9. The number of carbonyl (C=O) groups excluding carboxylic acids is 3. The van der Waals surface area contributed by atoms with Gasteiger partial charge in [0.1, 0.15) is 12.6 Å². The minimum absolute atomic E-state index is 0.0565. The number of hydrogen-bond donors (Lipinski definition) is 1. The van der Waals surface area contributed by atoms with E-state index >= 15 is 0 Å². The summed E-state index contributed by atoms with van der Waals surface area (Å²) >= 11 is 0. The summed E-state index contributed by atoms with van der Waals surface area (Å²) in [7, 11) is 0. The third-order valence-corrected chi connectivity index (χ3v) is 5.25. The van der Waals surface area contributed by atoms with Gasteiger partial charge in [0.2, 0.25) is 11.8 Å². The van der Waals surface area contributed by atoms with Gasteiger partial charge in [0.25, 0.3) is 0 Å². The van der Waals surface area contributed by atoms with E-state index in [-0.39, 0.29) is 30.3 Å². The monoisotopic (exact) mass is 416 g/mol. The van der Waals surface area contributed by atoms with E-state index in [1.54, 1.807) is 4.90 Å². The first-order valence-corrected chi connectivity index (χ1v) is 10.9. The highest BCUT2D eigenvalue weighted by molar-refractivity contribution is 5.87. The molecule has 1 aliphatic heterocycles. The molecule has 0 aliphatic carbocycles. The van der Waals surface area contributed by atoms with Crippen LogP contribution in [0.1, 0.15) is 59.4 Å². The third kappa shape index (κ3) is 7.15. The number of ether oxygens (including phenoxy) is 1. The summed E-state index contributed by atoms with van der Waals surface area (Å²) < 4.78 is 5.47. The van der Waals surface area contributed by atoms with Gasteiger partial charge < -0.3 is 15.0 Å². The van der Waals surface area contributed by atoms with Crippen molar-refractivity contribution < 1.29 is 19.1 Å². The Hall–Kier alpha value is -2.37. The number of carbonyl (C=O) groups is 3. The number of rotatable bonds is 7. The molecule has 1 N–H and O–H groups in total. The normalized spacial score (nSPS) is 18.1. The van der Waals surface area contributed by atoms with Gasteiger partial charge in [0, 0.05) is 18.5 Å². The van der Waals surface area contributed by atoms with Crippen LogP contribution in [-0.4, -0.2) is 41.8 Å². The van der Waals surface area contributed by atoms with Crippen molar-refractivity contribution in [1.82, 2.24) is 10.2 Å². The molecule has 1 saturated heterocycles. The maximum absolute atomic E-state index is 12.9. The van der Waals surface area contributed by atoms with Crippen LogP contribution < -0.4 is 5.32 Å². The summed E-state index contributed by atoms with van der Waals surface area (Å²) in [6.45, 7) is 10.9. The molecule has 0 radical (unpaired) electrons. The second-order valence-corrected chi connectivity index (χ2v) is 9.62. The highest BCUT2D eigenvalue weighted by Crippen LogP contribution is 2.24. The Morgan fingerprint density at radius 2 is 1.83 bits per heavy atom. The van der Waals surface area contributed by atoms with Crippen molar-refractivity contribution in [3.8, 4) is 0 Å². The fourth-order valence-corrected chi connectivity index (χ4v) is 3.65. The van der Waals surface area contributed by atoms with Gasteiger partial charge in [-0.05, 0) is 30.7 Å². The van der Waals surface area contributed by atoms with E-state index in [0.29, 0.717) is 25.9 Å². The largest absolute Gasteiger partial charge is 0.459 e. The lowest BCUT2D eigenvalue weighted by Crippen LogP contribution is -2.51. The van der Waals surface area contributed by atoms with E-state index in [0.717, 1.165) is 12.0 Å². The van der Waals surface area contributed by atoms with E-state index in [1.807, 2.05) is 65.0 Å². The highest BCUT2D eigenvalue weighted by Gasteiger charge is 2.35. The van der Waals surface area contributed by atoms with Crippen LogP contribution in [0.25, 0.3) is 0 Å². The Bertz CT molecular complexity index is 724. The van der Waals surface area contributed by atoms with Crippen LogP contribution in [0.5, 0.6) is 0 Å². The van der Waals surface area contributed by atoms with Gasteiger partial charge in [0.15, 0.2) is 0 Å². The number of likely N-dealkylation sites (tertiary alicyclic amines) is 1. The van der Waals surface area contributed by atoms with E-state index in [2.05, 4.69) is 5.32 Å². The molecule has 1 heterocycles. The lowest BCUT2D eigenvalue weighted by molar-refractivity contribution is -0.151.